The van der Waals surface area contributed by atoms with Crippen molar-refractivity contribution in [3.05, 3.63) is 47.5 Å². The number of ether oxygens (including phenoxy) is 1. The highest BCUT2D eigenvalue weighted by Crippen LogP contribution is 2.20. The molecule has 0 radical (unpaired) electrons. The third-order valence-electron chi connectivity index (χ3n) is 2.87. The fraction of sp³-hybridized carbons (Fsp3) is 0.286. The van der Waals surface area contributed by atoms with Crippen LogP contribution >= 0.6 is 0 Å². The van der Waals surface area contributed by atoms with Gasteiger partial charge < -0.3 is 4.74 Å². The molecule has 0 amide bonds. The standard InChI is InChI=1S/C14H15FN2O2/c1-3-12(18)11-7-16-17(9-11)8-10-5-4-6-13(19-2)14(10)15/h4-7,9H,3,8H2,1-2H3. The SMILES string of the molecule is CCC(=O)c1cnn(Cc2cccc(OC)c2F)c1. The van der Waals surface area contributed by atoms with Gasteiger partial charge in [-0.25, -0.2) is 4.39 Å². The summed E-state index contributed by atoms with van der Waals surface area (Å²) in [6.07, 6.45) is 3.56. The third-order valence-corrected chi connectivity index (χ3v) is 2.87. The molecule has 0 bridgehead atoms. The lowest BCUT2D eigenvalue weighted by molar-refractivity contribution is 0.0988. The Bertz CT molecular complexity index is 593. The zero-order valence-corrected chi connectivity index (χ0v) is 10.9. The number of rotatable bonds is 5. The van der Waals surface area contributed by atoms with E-state index in [0.717, 1.165) is 0 Å². The first kappa shape index (κ1) is 13.3. The maximum Gasteiger partial charge on any atom is 0.170 e. The largest absolute Gasteiger partial charge is 0.494 e. The number of halogens is 1. The van der Waals surface area contributed by atoms with E-state index < -0.39 is 5.82 Å². The number of hydrogen-bond donors (Lipinski definition) is 0. The predicted octanol–water partition coefficient (Wildman–Crippen LogP) is 2.67. The lowest BCUT2D eigenvalue weighted by Crippen LogP contribution is -2.03. The highest BCUT2D eigenvalue weighted by atomic mass is 19.1. The van der Waals surface area contributed by atoms with Gasteiger partial charge in [0.25, 0.3) is 0 Å². The minimum absolute atomic E-state index is 0.0253. The fourth-order valence-corrected chi connectivity index (χ4v) is 1.81. The normalized spacial score (nSPS) is 10.5. The van der Waals surface area contributed by atoms with Crippen LogP contribution in [0.15, 0.2) is 30.6 Å². The molecule has 1 heterocycles. The van der Waals surface area contributed by atoms with E-state index in [1.54, 1.807) is 36.0 Å². The molecule has 0 unspecified atom stereocenters. The zero-order valence-electron chi connectivity index (χ0n) is 10.9. The smallest absolute Gasteiger partial charge is 0.170 e. The van der Waals surface area contributed by atoms with Crippen molar-refractivity contribution in [3.63, 3.8) is 0 Å². The molecule has 4 nitrogen and oxygen atoms in total. The molecule has 1 aromatic heterocycles. The first-order valence-electron chi connectivity index (χ1n) is 6.02. The molecule has 0 aliphatic carbocycles. The van der Waals surface area contributed by atoms with Crippen LogP contribution in [0.5, 0.6) is 5.75 Å². The van der Waals surface area contributed by atoms with E-state index >= 15 is 0 Å². The summed E-state index contributed by atoms with van der Waals surface area (Å²) in [6.45, 7) is 2.06. The maximum absolute atomic E-state index is 14.0. The highest BCUT2D eigenvalue weighted by Gasteiger charge is 2.11. The number of benzene rings is 1. The van der Waals surface area contributed by atoms with Crippen LogP contribution in [0.3, 0.4) is 0 Å². The minimum Gasteiger partial charge on any atom is -0.494 e. The van der Waals surface area contributed by atoms with E-state index in [9.17, 15) is 9.18 Å². The molecule has 0 fully saturated rings. The first-order chi connectivity index (χ1) is 9.15. The van der Waals surface area contributed by atoms with Crippen LogP contribution in [-0.4, -0.2) is 22.7 Å². The van der Waals surface area contributed by atoms with Gasteiger partial charge in [0.15, 0.2) is 17.3 Å². The number of carbonyl (C=O) groups is 1. The quantitative estimate of drug-likeness (QED) is 0.778. The van der Waals surface area contributed by atoms with Crippen LogP contribution in [0.2, 0.25) is 0 Å². The van der Waals surface area contributed by atoms with Crippen LogP contribution in [-0.2, 0) is 6.54 Å². The summed E-state index contributed by atoms with van der Waals surface area (Å²) in [4.78, 5) is 11.5. The Morgan fingerprint density at radius 2 is 2.26 bits per heavy atom. The molecule has 100 valence electrons. The summed E-state index contributed by atoms with van der Waals surface area (Å²) in [5.74, 6) is -0.171. The van der Waals surface area contributed by atoms with Crippen molar-refractivity contribution in [1.82, 2.24) is 9.78 Å². The number of carbonyl (C=O) groups excluding carboxylic acids is 1. The lowest BCUT2D eigenvalue weighted by Gasteiger charge is -2.07. The van der Waals surface area contributed by atoms with Gasteiger partial charge in [-0.1, -0.05) is 19.1 Å². The van der Waals surface area contributed by atoms with Gasteiger partial charge in [-0.05, 0) is 6.07 Å². The van der Waals surface area contributed by atoms with Gasteiger partial charge in [0.1, 0.15) is 0 Å². The van der Waals surface area contributed by atoms with E-state index in [1.807, 2.05) is 0 Å². The summed E-state index contributed by atoms with van der Waals surface area (Å²) >= 11 is 0. The monoisotopic (exact) mass is 262 g/mol. The van der Waals surface area contributed by atoms with Gasteiger partial charge in [-0.15, -0.1) is 0 Å². The molecule has 2 rings (SSSR count). The molecule has 0 aliphatic rings. The molecule has 0 saturated carbocycles. The van der Waals surface area contributed by atoms with Crippen LogP contribution < -0.4 is 4.74 Å². The topological polar surface area (TPSA) is 44.1 Å². The van der Waals surface area contributed by atoms with Gasteiger partial charge in [0, 0.05) is 18.2 Å². The summed E-state index contributed by atoms with van der Waals surface area (Å²) in [5.41, 5.74) is 1.02. The highest BCUT2D eigenvalue weighted by molar-refractivity contribution is 5.95. The van der Waals surface area contributed by atoms with Gasteiger partial charge in [-0.3, -0.25) is 9.48 Å². The van der Waals surface area contributed by atoms with Crippen molar-refractivity contribution in [1.29, 1.82) is 0 Å². The molecule has 0 N–H and O–H groups in total. The number of Topliss-reactive ketones (excluding diaryl/α,β-unsaturated/α-hetero) is 1. The molecule has 0 saturated heterocycles. The second kappa shape index (κ2) is 5.65. The number of hydrogen-bond acceptors (Lipinski definition) is 3. The number of aromatic nitrogens is 2. The lowest BCUT2D eigenvalue weighted by atomic mass is 10.2. The van der Waals surface area contributed by atoms with Crippen LogP contribution in [0, 0.1) is 5.82 Å². The summed E-state index contributed by atoms with van der Waals surface area (Å²) in [7, 11) is 1.42. The summed E-state index contributed by atoms with van der Waals surface area (Å²) in [5, 5.41) is 4.07. The Morgan fingerprint density at radius 3 is 2.95 bits per heavy atom. The molecule has 19 heavy (non-hydrogen) atoms. The first-order valence-corrected chi connectivity index (χ1v) is 6.02. The molecular formula is C14H15FN2O2. The average Bonchev–Trinajstić information content (AvgIpc) is 2.89. The Hall–Kier alpha value is -2.17. The summed E-state index contributed by atoms with van der Waals surface area (Å²) in [6, 6.07) is 4.95. The molecule has 5 heteroatoms. The van der Waals surface area contributed by atoms with Crippen molar-refractivity contribution in [2.45, 2.75) is 19.9 Å². The maximum atomic E-state index is 14.0. The summed E-state index contributed by atoms with van der Waals surface area (Å²) < 4.78 is 20.4. The van der Waals surface area contributed by atoms with E-state index in [1.165, 1.54) is 13.3 Å². The Morgan fingerprint density at radius 1 is 1.47 bits per heavy atom. The Kier molecular flexibility index (Phi) is 3.94. The Labute approximate surface area is 110 Å². The molecule has 1 aromatic carbocycles. The predicted molar refractivity (Wildman–Crippen MR) is 68.9 cm³/mol. The van der Waals surface area contributed by atoms with Crippen molar-refractivity contribution in [3.8, 4) is 5.75 Å². The van der Waals surface area contributed by atoms with Gasteiger partial charge in [-0.2, -0.15) is 5.10 Å². The van der Waals surface area contributed by atoms with Crippen molar-refractivity contribution in [2.75, 3.05) is 7.11 Å². The minimum atomic E-state index is -0.399. The van der Waals surface area contributed by atoms with Crippen molar-refractivity contribution in [2.24, 2.45) is 0 Å². The fourth-order valence-electron chi connectivity index (χ4n) is 1.81. The third kappa shape index (κ3) is 2.81. The molecule has 0 spiro atoms. The molecule has 2 aromatic rings. The van der Waals surface area contributed by atoms with Crippen molar-refractivity contribution < 1.29 is 13.9 Å². The average molecular weight is 262 g/mol. The Balaban J connectivity index is 2.22. The van der Waals surface area contributed by atoms with Crippen LogP contribution in [0.1, 0.15) is 29.3 Å². The van der Waals surface area contributed by atoms with Crippen LogP contribution in [0.4, 0.5) is 4.39 Å². The van der Waals surface area contributed by atoms with E-state index in [0.29, 0.717) is 17.5 Å². The van der Waals surface area contributed by atoms with E-state index in [2.05, 4.69) is 5.10 Å². The van der Waals surface area contributed by atoms with Crippen molar-refractivity contribution >= 4 is 5.78 Å². The van der Waals surface area contributed by atoms with E-state index in [4.69, 9.17) is 4.74 Å². The second-order valence-electron chi connectivity index (χ2n) is 4.14. The number of nitrogens with zero attached hydrogens (tertiary/aromatic N) is 2. The van der Waals surface area contributed by atoms with Crippen LogP contribution in [0.25, 0.3) is 0 Å². The second-order valence-corrected chi connectivity index (χ2v) is 4.14. The van der Waals surface area contributed by atoms with Gasteiger partial charge in [0.2, 0.25) is 0 Å². The van der Waals surface area contributed by atoms with Gasteiger partial charge in [0.05, 0.1) is 25.4 Å². The molecule has 0 atom stereocenters. The number of ketones is 1. The zero-order chi connectivity index (χ0) is 13.8. The van der Waals surface area contributed by atoms with Gasteiger partial charge >= 0.3 is 0 Å². The number of methoxy groups -OCH3 is 1. The molecule has 0 aliphatic heterocycles. The van der Waals surface area contributed by atoms with E-state index in [-0.39, 0.29) is 18.1 Å². The molecular weight excluding hydrogens is 247 g/mol.